The molecule has 6 nitrogen and oxygen atoms in total. The van der Waals surface area contributed by atoms with Gasteiger partial charge in [0.15, 0.2) is 0 Å². The third-order valence-corrected chi connectivity index (χ3v) is 6.11. The molecule has 0 aliphatic heterocycles. The van der Waals surface area contributed by atoms with Crippen LogP contribution >= 0.6 is 11.3 Å². The van der Waals surface area contributed by atoms with Gasteiger partial charge in [-0.3, -0.25) is 14.3 Å². The summed E-state index contributed by atoms with van der Waals surface area (Å²) < 4.78 is 2.15. The Morgan fingerprint density at radius 1 is 1.36 bits per heavy atom. The maximum Gasteiger partial charge on any atom is 0.261 e. The smallest absolute Gasteiger partial charge is 0.261 e. The molecule has 2 aromatic rings. The van der Waals surface area contributed by atoms with Crippen molar-refractivity contribution in [1.82, 2.24) is 20.0 Å². The maximum atomic E-state index is 12.4. The Kier molecular flexibility index (Phi) is 5.42. The third kappa shape index (κ3) is 3.86. The second-order valence-corrected chi connectivity index (χ2v) is 7.88. The van der Waals surface area contributed by atoms with Crippen LogP contribution < -0.4 is 5.32 Å². The van der Waals surface area contributed by atoms with Crippen LogP contribution in [0.25, 0.3) is 10.2 Å². The summed E-state index contributed by atoms with van der Waals surface area (Å²) in [5, 5.41) is 8.72. The number of nitrogens with zero attached hydrogens (tertiary/aromatic N) is 3. The van der Waals surface area contributed by atoms with Crippen LogP contribution in [0.1, 0.15) is 60.4 Å². The topological polar surface area (TPSA) is 67.2 Å². The number of aromatic nitrogens is 2. The molecule has 136 valence electrons. The Bertz CT molecular complexity index is 773. The summed E-state index contributed by atoms with van der Waals surface area (Å²) in [4.78, 5) is 27.0. The molecule has 0 atom stereocenters. The molecule has 1 aliphatic carbocycles. The summed E-state index contributed by atoms with van der Waals surface area (Å²) in [5.41, 5.74) is 0.993. The third-order valence-electron chi connectivity index (χ3n) is 4.98. The molecule has 2 aromatic heterocycles. The van der Waals surface area contributed by atoms with E-state index in [4.69, 9.17) is 5.10 Å². The minimum absolute atomic E-state index is 0.000640. The molecule has 3 rings (SSSR count). The lowest BCUT2D eigenvalue weighted by atomic mass is 9.96. The Balaban J connectivity index is 1.72. The van der Waals surface area contributed by atoms with Crippen LogP contribution in [-0.2, 0) is 4.79 Å². The first-order valence-electron chi connectivity index (χ1n) is 8.96. The van der Waals surface area contributed by atoms with Crippen molar-refractivity contribution in [2.24, 2.45) is 0 Å². The van der Waals surface area contributed by atoms with Crippen molar-refractivity contribution in [3.8, 4) is 0 Å². The molecule has 0 unspecified atom stereocenters. The Labute approximate surface area is 152 Å². The van der Waals surface area contributed by atoms with Crippen LogP contribution in [0.5, 0.6) is 0 Å². The van der Waals surface area contributed by atoms with E-state index in [1.165, 1.54) is 50.4 Å². The highest BCUT2D eigenvalue weighted by atomic mass is 32.1. The van der Waals surface area contributed by atoms with Gasteiger partial charge in [-0.25, -0.2) is 0 Å². The maximum absolute atomic E-state index is 12.4. The first-order valence-corrected chi connectivity index (χ1v) is 9.77. The van der Waals surface area contributed by atoms with Crippen LogP contribution in [0.15, 0.2) is 6.07 Å². The Morgan fingerprint density at radius 3 is 2.76 bits per heavy atom. The van der Waals surface area contributed by atoms with Crippen LogP contribution in [-0.4, -0.2) is 46.6 Å². The zero-order valence-electron chi connectivity index (χ0n) is 15.2. The van der Waals surface area contributed by atoms with E-state index in [2.05, 4.69) is 10.00 Å². The number of amides is 2. The van der Waals surface area contributed by atoms with Gasteiger partial charge in [-0.1, -0.05) is 19.3 Å². The van der Waals surface area contributed by atoms with Gasteiger partial charge in [0.25, 0.3) is 5.91 Å². The number of carbonyl (C=O) groups is 2. The van der Waals surface area contributed by atoms with Crippen molar-refractivity contribution in [2.75, 3.05) is 20.1 Å². The highest BCUT2D eigenvalue weighted by molar-refractivity contribution is 7.20. The Morgan fingerprint density at radius 2 is 2.08 bits per heavy atom. The molecule has 1 N–H and O–H groups in total. The molecule has 0 saturated heterocycles. The van der Waals surface area contributed by atoms with Crippen molar-refractivity contribution in [1.29, 1.82) is 0 Å². The fraction of sp³-hybridized carbons (Fsp3) is 0.611. The molecule has 1 fully saturated rings. The van der Waals surface area contributed by atoms with Crippen molar-refractivity contribution in [3.63, 3.8) is 0 Å². The minimum atomic E-state index is -0.0762. The molecule has 0 bridgehead atoms. The van der Waals surface area contributed by atoms with Gasteiger partial charge in [0.2, 0.25) is 5.91 Å². The highest BCUT2D eigenvalue weighted by Gasteiger charge is 2.22. The first kappa shape index (κ1) is 17.9. The lowest BCUT2D eigenvalue weighted by molar-refractivity contribution is -0.127. The molecule has 1 aliphatic rings. The molecule has 1 saturated carbocycles. The van der Waals surface area contributed by atoms with E-state index in [-0.39, 0.29) is 11.8 Å². The second-order valence-electron chi connectivity index (χ2n) is 6.85. The van der Waals surface area contributed by atoms with Crippen LogP contribution in [0.4, 0.5) is 0 Å². The van der Waals surface area contributed by atoms with E-state index in [0.717, 1.165) is 15.9 Å². The van der Waals surface area contributed by atoms with E-state index >= 15 is 0 Å². The quantitative estimate of drug-likeness (QED) is 0.889. The molecular formula is C18H26N4O2S. The van der Waals surface area contributed by atoms with Crippen LogP contribution in [0, 0.1) is 6.92 Å². The lowest BCUT2D eigenvalue weighted by Gasteiger charge is -2.22. The van der Waals surface area contributed by atoms with Gasteiger partial charge in [0.05, 0.1) is 16.6 Å². The molecule has 0 aromatic carbocycles. The van der Waals surface area contributed by atoms with E-state index in [1.807, 2.05) is 13.0 Å². The average Bonchev–Trinajstić information content (AvgIpc) is 3.16. The van der Waals surface area contributed by atoms with Crippen molar-refractivity contribution < 1.29 is 9.59 Å². The number of rotatable bonds is 5. The van der Waals surface area contributed by atoms with Crippen molar-refractivity contribution in [3.05, 3.63) is 16.6 Å². The summed E-state index contributed by atoms with van der Waals surface area (Å²) >= 11 is 1.52. The zero-order chi connectivity index (χ0) is 18.0. The number of likely N-dealkylation sites (N-methyl/N-ethyl adjacent to an activating group) is 1. The standard InChI is InChI=1S/C18H26N4O2S/c1-12-15-11-16(17(24)19-9-10-21(3)13(2)23)25-18(15)22(20-12)14-7-5-4-6-8-14/h11,14H,4-10H2,1-3H3,(H,19,24). The van der Waals surface area contributed by atoms with Gasteiger partial charge < -0.3 is 10.2 Å². The number of hydrogen-bond acceptors (Lipinski definition) is 4. The van der Waals surface area contributed by atoms with Crippen LogP contribution in [0.2, 0.25) is 0 Å². The number of fused-ring (bicyclic) bond motifs is 1. The van der Waals surface area contributed by atoms with Crippen molar-refractivity contribution >= 4 is 33.4 Å². The largest absolute Gasteiger partial charge is 0.350 e. The lowest BCUT2D eigenvalue weighted by Crippen LogP contribution is -2.34. The summed E-state index contributed by atoms with van der Waals surface area (Å²) in [5.74, 6) is -0.0768. The van der Waals surface area contributed by atoms with E-state index < -0.39 is 0 Å². The van der Waals surface area contributed by atoms with E-state index in [9.17, 15) is 9.59 Å². The number of thiophene rings is 1. The van der Waals surface area contributed by atoms with Gasteiger partial charge >= 0.3 is 0 Å². The normalized spacial score (nSPS) is 15.5. The number of nitrogens with one attached hydrogen (secondary N) is 1. The first-order chi connectivity index (χ1) is 12.0. The minimum Gasteiger partial charge on any atom is -0.350 e. The number of aryl methyl sites for hydroxylation is 1. The Hall–Kier alpha value is -1.89. The van der Waals surface area contributed by atoms with Gasteiger partial charge in [0.1, 0.15) is 4.83 Å². The number of hydrogen-bond donors (Lipinski definition) is 1. The van der Waals surface area contributed by atoms with Crippen LogP contribution in [0.3, 0.4) is 0 Å². The van der Waals surface area contributed by atoms with E-state index in [0.29, 0.717) is 24.0 Å². The highest BCUT2D eigenvalue weighted by Crippen LogP contribution is 2.35. The van der Waals surface area contributed by atoms with Crippen molar-refractivity contribution in [2.45, 2.75) is 52.0 Å². The molecule has 2 heterocycles. The predicted octanol–water partition coefficient (Wildman–Crippen LogP) is 3.12. The molecule has 0 radical (unpaired) electrons. The predicted molar refractivity (Wildman–Crippen MR) is 100 cm³/mol. The number of carbonyl (C=O) groups excluding carboxylic acids is 2. The van der Waals surface area contributed by atoms with Gasteiger partial charge in [-0.05, 0) is 25.8 Å². The zero-order valence-corrected chi connectivity index (χ0v) is 16.0. The molecule has 0 spiro atoms. The van der Waals surface area contributed by atoms with E-state index in [1.54, 1.807) is 11.9 Å². The summed E-state index contributed by atoms with van der Waals surface area (Å²) in [6.07, 6.45) is 6.17. The average molecular weight is 362 g/mol. The van der Waals surface area contributed by atoms with Gasteiger partial charge in [-0.2, -0.15) is 5.10 Å². The second kappa shape index (κ2) is 7.56. The summed E-state index contributed by atoms with van der Waals surface area (Å²) in [7, 11) is 1.73. The molecule has 25 heavy (non-hydrogen) atoms. The summed E-state index contributed by atoms with van der Waals surface area (Å²) in [6.45, 7) is 4.50. The van der Waals surface area contributed by atoms with Gasteiger partial charge in [0, 0.05) is 32.4 Å². The SMILES string of the molecule is CC(=O)N(C)CCNC(=O)c1cc2c(C)nn(C3CCCCC3)c2s1. The fourth-order valence-electron chi connectivity index (χ4n) is 3.34. The monoisotopic (exact) mass is 362 g/mol. The van der Waals surface area contributed by atoms with Gasteiger partial charge in [-0.15, -0.1) is 11.3 Å². The molecular weight excluding hydrogens is 336 g/mol. The fourth-order valence-corrected chi connectivity index (χ4v) is 4.49. The molecule has 7 heteroatoms. The molecule has 2 amide bonds. The summed E-state index contributed by atoms with van der Waals surface area (Å²) in [6, 6.07) is 2.41.